The molecule has 28 heavy (non-hydrogen) atoms. The van der Waals surface area contributed by atoms with Gasteiger partial charge in [0.05, 0.1) is 5.92 Å². The summed E-state index contributed by atoms with van der Waals surface area (Å²) in [6.07, 6.45) is 14.7. The average Bonchev–Trinajstić information content (AvgIpc) is 2.64. The zero-order valence-electron chi connectivity index (χ0n) is 19.9. The molecule has 3 atom stereocenters. The lowest BCUT2D eigenvalue weighted by atomic mass is 9.93. The first-order valence-corrected chi connectivity index (χ1v) is 11.8. The van der Waals surface area contributed by atoms with Crippen LogP contribution in [-0.2, 0) is 9.53 Å². The predicted molar refractivity (Wildman–Crippen MR) is 119 cm³/mol. The third kappa shape index (κ3) is 10.2. The summed E-state index contributed by atoms with van der Waals surface area (Å²) in [6, 6.07) is 0. The van der Waals surface area contributed by atoms with Gasteiger partial charge < -0.3 is 9.84 Å². The fourth-order valence-electron chi connectivity index (χ4n) is 3.96. The largest absolute Gasteiger partial charge is 0.458 e. The van der Waals surface area contributed by atoms with E-state index in [1.807, 2.05) is 34.9 Å². The molecule has 0 fully saturated rings. The average molecular weight is 400 g/mol. The van der Waals surface area contributed by atoms with E-state index in [1.54, 1.807) is 11.8 Å². The number of ether oxygens (including phenoxy) is 1. The highest BCUT2D eigenvalue weighted by Gasteiger charge is 2.42. The van der Waals surface area contributed by atoms with Gasteiger partial charge in [-0.3, -0.25) is 9.69 Å². The van der Waals surface area contributed by atoms with Gasteiger partial charge in [0.1, 0.15) is 6.10 Å². The Morgan fingerprint density at radius 1 is 0.857 bits per heavy atom. The minimum Gasteiger partial charge on any atom is -0.458 e. The number of carbonyl (C=O) groups is 1. The zero-order valence-corrected chi connectivity index (χ0v) is 19.9. The van der Waals surface area contributed by atoms with Crippen molar-refractivity contribution in [1.29, 1.82) is 0 Å². The third-order valence-corrected chi connectivity index (χ3v) is 6.10. The van der Waals surface area contributed by atoms with Gasteiger partial charge in [0, 0.05) is 0 Å². The smallest absolute Gasteiger partial charge is 0.309 e. The van der Waals surface area contributed by atoms with Crippen LogP contribution in [0.1, 0.15) is 112 Å². The second-order valence-corrected chi connectivity index (χ2v) is 9.14. The molecule has 0 saturated carbocycles. The van der Waals surface area contributed by atoms with Gasteiger partial charge in [-0.2, -0.15) is 0 Å². The number of hydrogen-bond acceptors (Lipinski definition) is 4. The van der Waals surface area contributed by atoms with Crippen molar-refractivity contribution in [2.45, 2.75) is 123 Å². The van der Waals surface area contributed by atoms with Crippen molar-refractivity contribution in [3.63, 3.8) is 0 Å². The molecule has 0 aromatic carbocycles. The number of rotatable bonds is 17. The first kappa shape index (κ1) is 27.4. The molecule has 0 rings (SSSR count). The van der Waals surface area contributed by atoms with E-state index in [4.69, 9.17) is 4.74 Å². The summed E-state index contributed by atoms with van der Waals surface area (Å²) in [7, 11) is 3.64. The molecule has 0 aromatic rings. The fraction of sp³-hybridized carbons (Fsp3) is 0.958. The summed E-state index contributed by atoms with van der Waals surface area (Å²) in [6.45, 7) is 9.87. The Bertz CT molecular complexity index is 387. The monoisotopic (exact) mass is 399 g/mol. The lowest BCUT2D eigenvalue weighted by Gasteiger charge is -2.42. The summed E-state index contributed by atoms with van der Waals surface area (Å²) >= 11 is 0. The first-order chi connectivity index (χ1) is 13.2. The lowest BCUT2D eigenvalue weighted by molar-refractivity contribution is -0.207. The van der Waals surface area contributed by atoms with Crippen LogP contribution in [0, 0.1) is 11.8 Å². The molecule has 1 N–H and O–H groups in total. The first-order valence-electron chi connectivity index (χ1n) is 11.8. The van der Waals surface area contributed by atoms with Gasteiger partial charge in [-0.25, -0.2) is 0 Å². The van der Waals surface area contributed by atoms with Crippen LogP contribution in [0.15, 0.2) is 0 Å². The van der Waals surface area contributed by atoms with Crippen molar-refractivity contribution in [2.24, 2.45) is 11.8 Å². The van der Waals surface area contributed by atoms with Crippen molar-refractivity contribution in [1.82, 2.24) is 4.90 Å². The van der Waals surface area contributed by atoms with Gasteiger partial charge in [-0.15, -0.1) is 0 Å². The number of likely N-dealkylation sites (N-methyl/N-ethyl adjacent to an activating group) is 1. The Morgan fingerprint density at radius 2 is 1.29 bits per heavy atom. The van der Waals surface area contributed by atoms with Gasteiger partial charge in [-0.05, 0) is 33.4 Å². The van der Waals surface area contributed by atoms with Crippen LogP contribution >= 0.6 is 0 Å². The fourth-order valence-corrected chi connectivity index (χ4v) is 3.96. The normalized spacial score (nSPS) is 16.2. The summed E-state index contributed by atoms with van der Waals surface area (Å²) in [5, 5.41) is 10.9. The standard InChI is InChI=1S/C24H49NO3/c1-8-9-10-11-12-13-14-15-16-17-18-19-21(4)23(26)28-22(5)24(27,20(2)3)25(6)7/h20-22,27H,8-19H2,1-7H3. The van der Waals surface area contributed by atoms with Crippen LogP contribution < -0.4 is 0 Å². The molecule has 0 heterocycles. The van der Waals surface area contributed by atoms with Crippen LogP contribution in [0.25, 0.3) is 0 Å². The van der Waals surface area contributed by atoms with Crippen molar-refractivity contribution >= 4 is 5.97 Å². The van der Waals surface area contributed by atoms with Gasteiger partial charge in [0.2, 0.25) is 0 Å². The molecular weight excluding hydrogens is 350 g/mol. The van der Waals surface area contributed by atoms with Crippen LogP contribution in [-0.4, -0.2) is 41.9 Å². The number of nitrogens with zero attached hydrogens (tertiary/aromatic N) is 1. The lowest BCUT2D eigenvalue weighted by Crippen LogP contribution is -2.57. The van der Waals surface area contributed by atoms with Crippen molar-refractivity contribution < 1.29 is 14.6 Å². The number of aliphatic hydroxyl groups is 1. The molecule has 0 aromatic heterocycles. The predicted octanol–water partition coefficient (Wildman–Crippen LogP) is 6.16. The number of carbonyl (C=O) groups excluding carboxylic acids is 1. The van der Waals surface area contributed by atoms with Crippen LogP contribution in [0.4, 0.5) is 0 Å². The van der Waals surface area contributed by atoms with E-state index in [1.165, 1.54) is 64.2 Å². The van der Waals surface area contributed by atoms with E-state index in [-0.39, 0.29) is 17.8 Å². The van der Waals surface area contributed by atoms with Crippen LogP contribution in [0.3, 0.4) is 0 Å². The highest BCUT2D eigenvalue weighted by atomic mass is 16.6. The van der Waals surface area contributed by atoms with Gasteiger partial charge in [0.25, 0.3) is 0 Å². The molecule has 0 amide bonds. The Kier molecular flexibility index (Phi) is 14.9. The third-order valence-electron chi connectivity index (χ3n) is 6.10. The van der Waals surface area contributed by atoms with Gasteiger partial charge >= 0.3 is 5.97 Å². The maximum atomic E-state index is 12.4. The highest BCUT2D eigenvalue weighted by Crippen LogP contribution is 2.27. The van der Waals surface area contributed by atoms with Gasteiger partial charge in [-0.1, -0.05) is 98.3 Å². The Balaban J connectivity index is 3.93. The summed E-state index contributed by atoms with van der Waals surface area (Å²) < 4.78 is 5.62. The second kappa shape index (κ2) is 15.3. The quantitative estimate of drug-likeness (QED) is 0.181. The van der Waals surface area contributed by atoms with Crippen LogP contribution in [0.2, 0.25) is 0 Å². The Labute approximate surface area is 175 Å². The van der Waals surface area contributed by atoms with Crippen LogP contribution in [0.5, 0.6) is 0 Å². The van der Waals surface area contributed by atoms with E-state index < -0.39 is 11.8 Å². The Morgan fingerprint density at radius 3 is 1.68 bits per heavy atom. The zero-order chi connectivity index (χ0) is 21.6. The number of hydrogen-bond donors (Lipinski definition) is 1. The van der Waals surface area contributed by atoms with Crippen molar-refractivity contribution in [3.8, 4) is 0 Å². The molecule has 0 radical (unpaired) electrons. The van der Waals surface area contributed by atoms with Crippen molar-refractivity contribution in [3.05, 3.63) is 0 Å². The van der Waals surface area contributed by atoms with Gasteiger partial charge in [0.15, 0.2) is 5.72 Å². The van der Waals surface area contributed by atoms with E-state index in [9.17, 15) is 9.90 Å². The molecule has 0 aliphatic carbocycles. The van der Waals surface area contributed by atoms with E-state index in [0.717, 1.165) is 12.8 Å². The van der Waals surface area contributed by atoms with E-state index in [0.29, 0.717) is 0 Å². The highest BCUT2D eigenvalue weighted by molar-refractivity contribution is 5.72. The topological polar surface area (TPSA) is 49.8 Å². The summed E-state index contributed by atoms with van der Waals surface area (Å²) in [4.78, 5) is 14.1. The summed E-state index contributed by atoms with van der Waals surface area (Å²) in [5.74, 6) is -0.340. The maximum Gasteiger partial charge on any atom is 0.309 e. The number of esters is 1. The molecule has 3 unspecified atom stereocenters. The van der Waals surface area contributed by atoms with Crippen molar-refractivity contribution in [2.75, 3.05) is 14.1 Å². The molecular formula is C24H49NO3. The molecule has 4 heteroatoms. The SMILES string of the molecule is CCCCCCCCCCCCCC(C)C(=O)OC(C)C(O)(C(C)C)N(C)C. The van der Waals surface area contributed by atoms with E-state index >= 15 is 0 Å². The molecule has 0 saturated heterocycles. The minimum absolute atomic E-state index is 0.0350. The maximum absolute atomic E-state index is 12.4. The number of unbranched alkanes of at least 4 members (excludes halogenated alkanes) is 10. The molecule has 0 aliphatic rings. The molecule has 4 nitrogen and oxygen atoms in total. The molecule has 0 spiro atoms. The Hall–Kier alpha value is -0.610. The van der Waals surface area contributed by atoms with E-state index in [2.05, 4.69) is 6.92 Å². The molecule has 0 aliphatic heterocycles. The second-order valence-electron chi connectivity index (χ2n) is 9.14. The minimum atomic E-state index is -1.15. The molecule has 168 valence electrons. The summed E-state index contributed by atoms with van der Waals surface area (Å²) in [5.41, 5.74) is -1.15. The molecule has 0 bridgehead atoms.